The van der Waals surface area contributed by atoms with Gasteiger partial charge in [-0.25, -0.2) is 9.38 Å². The molecule has 1 aliphatic rings. The summed E-state index contributed by atoms with van der Waals surface area (Å²) in [5, 5.41) is 0. The van der Waals surface area contributed by atoms with Gasteiger partial charge in [0.15, 0.2) is 11.5 Å². The lowest BCUT2D eigenvalue weighted by Gasteiger charge is -2.27. The van der Waals surface area contributed by atoms with E-state index in [0.29, 0.717) is 16.7 Å². The third-order valence-electron chi connectivity index (χ3n) is 5.02. The number of halogens is 3. The lowest BCUT2D eigenvalue weighted by atomic mass is 9.81. The van der Waals surface area contributed by atoms with Crippen LogP contribution in [0.25, 0.3) is 6.08 Å². The number of nitrogens with zero attached hydrogens (tertiary/aromatic N) is 2. The Hall–Kier alpha value is -3.33. The summed E-state index contributed by atoms with van der Waals surface area (Å²) in [6.07, 6.45) is 3.17. The first-order valence-corrected chi connectivity index (χ1v) is 9.35. The molecule has 0 saturated heterocycles. The van der Waals surface area contributed by atoms with E-state index in [2.05, 4.69) is 9.73 Å². The van der Waals surface area contributed by atoms with E-state index in [1.54, 1.807) is 13.0 Å². The lowest BCUT2D eigenvalue weighted by molar-refractivity contribution is -0.129. The number of hydrogen-bond acceptors (Lipinski definition) is 5. The minimum atomic E-state index is -2.98. The maximum absolute atomic E-state index is 14.4. The van der Waals surface area contributed by atoms with Crippen molar-refractivity contribution in [1.29, 1.82) is 0 Å². The quantitative estimate of drug-likeness (QED) is 0.726. The van der Waals surface area contributed by atoms with E-state index < -0.39 is 23.9 Å². The van der Waals surface area contributed by atoms with E-state index >= 15 is 0 Å². The highest BCUT2D eigenvalue weighted by Crippen LogP contribution is 2.41. The number of nitrogens with two attached hydrogens (primary N) is 1. The molecule has 0 aromatic heterocycles. The first kappa shape index (κ1) is 22.4. The Labute approximate surface area is 177 Å². The van der Waals surface area contributed by atoms with E-state index in [1.807, 2.05) is 0 Å². The Morgan fingerprint density at radius 2 is 1.90 bits per heavy atom. The molecule has 1 heterocycles. The summed E-state index contributed by atoms with van der Waals surface area (Å²) in [6.45, 7) is -1.12. The summed E-state index contributed by atoms with van der Waals surface area (Å²) in [4.78, 5) is 18.9. The summed E-state index contributed by atoms with van der Waals surface area (Å²) in [5.74, 6) is -0.979. The number of carbonyl (C=O) groups is 1. The molecule has 1 aliphatic heterocycles. The maximum atomic E-state index is 14.4. The number of ether oxygens (including phenoxy) is 2. The highest BCUT2D eigenvalue weighted by molar-refractivity contribution is 6.09. The number of benzene rings is 2. The van der Waals surface area contributed by atoms with Crippen molar-refractivity contribution in [2.24, 2.45) is 10.7 Å². The fraction of sp³-hybridized carbons (Fsp3) is 0.273. The Morgan fingerprint density at radius 1 is 1.23 bits per heavy atom. The van der Waals surface area contributed by atoms with Crippen LogP contribution >= 0.6 is 0 Å². The van der Waals surface area contributed by atoms with Crippen LogP contribution in [0.1, 0.15) is 22.3 Å². The molecule has 6 nitrogen and oxygen atoms in total. The molecule has 2 aromatic rings. The van der Waals surface area contributed by atoms with Crippen LogP contribution in [0.3, 0.4) is 0 Å². The van der Waals surface area contributed by atoms with E-state index in [1.165, 1.54) is 61.5 Å². The van der Waals surface area contributed by atoms with Crippen molar-refractivity contribution in [3.05, 3.63) is 70.5 Å². The van der Waals surface area contributed by atoms with Crippen molar-refractivity contribution < 1.29 is 27.4 Å². The summed E-state index contributed by atoms with van der Waals surface area (Å²) >= 11 is 0. The summed E-state index contributed by atoms with van der Waals surface area (Å²) in [6, 6.07) is 8.56. The molecular weight excluding hydrogens is 411 g/mol. The predicted octanol–water partition coefficient (Wildman–Crippen LogP) is 3.43. The van der Waals surface area contributed by atoms with Crippen molar-refractivity contribution in [1.82, 2.24) is 4.90 Å². The Balaban J connectivity index is 2.19. The molecule has 1 unspecified atom stereocenters. The molecule has 9 heteroatoms. The van der Waals surface area contributed by atoms with E-state index in [0.717, 1.165) is 0 Å². The Morgan fingerprint density at radius 3 is 2.48 bits per heavy atom. The second-order valence-electron chi connectivity index (χ2n) is 7.00. The van der Waals surface area contributed by atoms with Crippen LogP contribution < -0.4 is 10.5 Å². The van der Waals surface area contributed by atoms with E-state index in [-0.39, 0.29) is 23.9 Å². The van der Waals surface area contributed by atoms with Crippen LogP contribution in [-0.2, 0) is 15.1 Å². The molecule has 164 valence electrons. The molecule has 1 amide bonds. The largest absolute Gasteiger partial charge is 0.435 e. The molecule has 1 atom stereocenters. The third kappa shape index (κ3) is 4.13. The van der Waals surface area contributed by atoms with Gasteiger partial charge in [-0.2, -0.15) is 8.78 Å². The van der Waals surface area contributed by atoms with Crippen LogP contribution in [0.4, 0.5) is 13.2 Å². The topological polar surface area (TPSA) is 77.2 Å². The number of methoxy groups -OCH3 is 1. The first-order valence-electron chi connectivity index (χ1n) is 9.35. The van der Waals surface area contributed by atoms with Crippen LogP contribution in [0.2, 0.25) is 0 Å². The van der Waals surface area contributed by atoms with Crippen LogP contribution in [-0.4, -0.2) is 44.1 Å². The number of likely N-dealkylation sites (N-methyl/N-ethyl adjacent to an activating group) is 1. The highest BCUT2D eigenvalue weighted by atomic mass is 19.3. The Kier molecular flexibility index (Phi) is 6.35. The SMILES string of the molecule is COC/C=C/c1cc(C2(c3ccc(OC(F)F)c(C)c3)N=C(N)N(C)C2=O)ccc1F. The van der Waals surface area contributed by atoms with Crippen LogP contribution in [0.15, 0.2) is 47.5 Å². The van der Waals surface area contributed by atoms with Gasteiger partial charge < -0.3 is 15.2 Å². The summed E-state index contributed by atoms with van der Waals surface area (Å²) in [7, 11) is 2.99. The van der Waals surface area contributed by atoms with Gasteiger partial charge in [-0.3, -0.25) is 9.69 Å². The van der Waals surface area contributed by atoms with Gasteiger partial charge in [-0.05, 0) is 47.9 Å². The Bertz CT molecular complexity index is 1060. The molecular formula is C22H22F3N3O3. The van der Waals surface area contributed by atoms with Gasteiger partial charge in [0.05, 0.1) is 6.61 Å². The monoisotopic (exact) mass is 433 g/mol. The fourth-order valence-electron chi connectivity index (χ4n) is 3.45. The number of guanidine groups is 1. The normalized spacial score (nSPS) is 18.9. The molecule has 3 rings (SSSR count). The van der Waals surface area contributed by atoms with Crippen molar-refractivity contribution in [3.63, 3.8) is 0 Å². The smallest absolute Gasteiger partial charge is 0.387 e. The van der Waals surface area contributed by atoms with Gasteiger partial charge in [-0.1, -0.05) is 24.3 Å². The lowest BCUT2D eigenvalue weighted by Crippen LogP contribution is -2.41. The average molecular weight is 433 g/mol. The maximum Gasteiger partial charge on any atom is 0.387 e. The number of hydrogen-bond donors (Lipinski definition) is 1. The summed E-state index contributed by atoms with van der Waals surface area (Å²) in [5.41, 5.74) is 5.74. The highest BCUT2D eigenvalue weighted by Gasteiger charge is 2.49. The summed E-state index contributed by atoms with van der Waals surface area (Å²) < 4.78 is 49.1. The number of alkyl halides is 2. The van der Waals surface area contributed by atoms with Gasteiger partial charge in [0.2, 0.25) is 0 Å². The molecule has 0 saturated carbocycles. The van der Waals surface area contributed by atoms with Crippen molar-refractivity contribution >= 4 is 17.9 Å². The number of aryl methyl sites for hydroxylation is 1. The first-order chi connectivity index (χ1) is 14.7. The van der Waals surface area contributed by atoms with Crippen molar-refractivity contribution in [2.45, 2.75) is 19.1 Å². The average Bonchev–Trinajstić information content (AvgIpc) is 2.95. The zero-order valence-corrected chi connectivity index (χ0v) is 17.2. The van der Waals surface area contributed by atoms with Gasteiger partial charge in [-0.15, -0.1) is 0 Å². The molecule has 0 aliphatic carbocycles. The minimum Gasteiger partial charge on any atom is -0.435 e. The van der Waals surface area contributed by atoms with Gasteiger partial charge in [0.25, 0.3) is 5.91 Å². The zero-order chi connectivity index (χ0) is 22.8. The molecule has 0 radical (unpaired) electrons. The van der Waals surface area contributed by atoms with E-state index in [9.17, 15) is 18.0 Å². The van der Waals surface area contributed by atoms with Crippen molar-refractivity contribution in [3.8, 4) is 5.75 Å². The van der Waals surface area contributed by atoms with Gasteiger partial charge in [0.1, 0.15) is 11.6 Å². The molecule has 31 heavy (non-hydrogen) atoms. The molecule has 0 bridgehead atoms. The van der Waals surface area contributed by atoms with Crippen molar-refractivity contribution in [2.75, 3.05) is 20.8 Å². The second kappa shape index (κ2) is 8.81. The molecule has 2 N–H and O–H groups in total. The zero-order valence-electron chi connectivity index (χ0n) is 17.2. The third-order valence-corrected chi connectivity index (χ3v) is 5.02. The number of carbonyl (C=O) groups excluding carboxylic acids is 1. The number of aliphatic imine (C=N–C) groups is 1. The van der Waals surface area contributed by atoms with Crippen LogP contribution in [0, 0.1) is 12.7 Å². The molecule has 0 spiro atoms. The molecule has 2 aromatic carbocycles. The van der Waals surface area contributed by atoms with Gasteiger partial charge in [0, 0.05) is 19.7 Å². The number of rotatable bonds is 7. The predicted molar refractivity (Wildman–Crippen MR) is 110 cm³/mol. The van der Waals surface area contributed by atoms with E-state index in [4.69, 9.17) is 10.5 Å². The van der Waals surface area contributed by atoms with Crippen LogP contribution in [0.5, 0.6) is 5.75 Å². The number of amides is 1. The molecule has 0 fully saturated rings. The minimum absolute atomic E-state index is 0.0173. The van der Waals surface area contributed by atoms with Gasteiger partial charge >= 0.3 is 6.61 Å². The second-order valence-corrected chi connectivity index (χ2v) is 7.00. The standard InChI is InChI=1S/C22H22F3N3O3/c1-13-11-15(7-9-18(13)31-20(24)25)22(19(29)28(2)21(26)27-22)16-6-8-17(23)14(12-16)5-4-10-30-3/h4-9,11-12,20H,10H2,1-3H3,(H2,26,27)/b5-4+. The fourth-order valence-corrected chi connectivity index (χ4v) is 3.45.